The van der Waals surface area contributed by atoms with Gasteiger partial charge in [-0.25, -0.2) is 4.79 Å². The van der Waals surface area contributed by atoms with Crippen molar-refractivity contribution in [3.05, 3.63) is 34.2 Å². The Morgan fingerprint density at radius 1 is 1.43 bits per heavy atom. The van der Waals surface area contributed by atoms with Crippen molar-refractivity contribution in [2.24, 2.45) is 0 Å². The number of nitrogens with zero attached hydrogens (tertiary/aromatic N) is 1. The van der Waals surface area contributed by atoms with Crippen molar-refractivity contribution >= 4 is 6.09 Å². The fourth-order valence-corrected chi connectivity index (χ4v) is 3.19. The normalized spacial score (nSPS) is 23.4. The first-order chi connectivity index (χ1) is 9.79. The molecule has 5 heteroatoms. The zero-order valence-electron chi connectivity index (χ0n) is 12.8. The van der Waals surface area contributed by atoms with Crippen LogP contribution in [0.1, 0.15) is 51.5 Å². The average Bonchev–Trinajstić information content (AvgIpc) is 2.99. The molecule has 1 aromatic rings. The van der Waals surface area contributed by atoms with Gasteiger partial charge in [0.15, 0.2) is 0 Å². The number of pyridine rings is 1. The largest absolute Gasteiger partial charge is 0.444 e. The monoisotopic (exact) mass is 290 g/mol. The lowest BCUT2D eigenvalue weighted by atomic mass is 9.96. The van der Waals surface area contributed by atoms with Gasteiger partial charge in [-0.15, -0.1) is 0 Å². The Morgan fingerprint density at radius 2 is 2.14 bits per heavy atom. The Bertz CT molecular complexity index is 610. The predicted molar refractivity (Wildman–Crippen MR) is 79.3 cm³/mol. The van der Waals surface area contributed by atoms with E-state index in [0.29, 0.717) is 6.54 Å². The number of hydrogen-bond acceptors (Lipinski definition) is 3. The highest BCUT2D eigenvalue weighted by molar-refractivity contribution is 5.70. The summed E-state index contributed by atoms with van der Waals surface area (Å²) in [6.07, 6.45) is 4.44. The van der Waals surface area contributed by atoms with E-state index in [0.717, 1.165) is 24.8 Å². The number of likely N-dealkylation sites (tertiary alicyclic amines) is 1. The third-order valence-electron chi connectivity index (χ3n) is 4.31. The van der Waals surface area contributed by atoms with E-state index >= 15 is 0 Å². The molecular formula is C16H22N2O3. The number of amides is 1. The Labute approximate surface area is 124 Å². The first kappa shape index (κ1) is 14.2. The number of carbonyl (C=O) groups excluding carboxylic acids is 1. The van der Waals surface area contributed by atoms with Crippen LogP contribution in [-0.4, -0.2) is 33.7 Å². The molecule has 1 aromatic heterocycles. The lowest BCUT2D eigenvalue weighted by molar-refractivity contribution is 0.0202. The van der Waals surface area contributed by atoms with Crippen molar-refractivity contribution in [3.63, 3.8) is 0 Å². The Hall–Kier alpha value is -1.78. The van der Waals surface area contributed by atoms with Crippen LogP contribution < -0.4 is 5.56 Å². The van der Waals surface area contributed by atoms with Gasteiger partial charge in [-0.1, -0.05) is 0 Å². The molecule has 21 heavy (non-hydrogen) atoms. The van der Waals surface area contributed by atoms with E-state index in [-0.39, 0.29) is 23.1 Å². The number of rotatable bonds is 1. The van der Waals surface area contributed by atoms with Crippen LogP contribution in [0.15, 0.2) is 23.1 Å². The molecule has 3 rings (SSSR count). The van der Waals surface area contributed by atoms with E-state index < -0.39 is 5.60 Å². The highest BCUT2D eigenvalue weighted by Crippen LogP contribution is 2.54. The maximum absolute atomic E-state index is 12.4. The second kappa shape index (κ2) is 4.61. The maximum Gasteiger partial charge on any atom is 0.410 e. The van der Waals surface area contributed by atoms with Gasteiger partial charge in [0.05, 0.1) is 0 Å². The topological polar surface area (TPSA) is 62.4 Å². The number of ether oxygens (including phenoxy) is 1. The van der Waals surface area contributed by atoms with Crippen molar-refractivity contribution in [1.29, 1.82) is 0 Å². The number of carbonyl (C=O) groups is 1. The zero-order chi connectivity index (χ0) is 15.3. The minimum absolute atomic E-state index is 0.0321. The smallest absolute Gasteiger partial charge is 0.410 e. The third kappa shape index (κ3) is 2.82. The fraction of sp³-hybridized carbons (Fsp3) is 0.625. The molecule has 2 aliphatic rings. The fourth-order valence-electron chi connectivity index (χ4n) is 3.19. The summed E-state index contributed by atoms with van der Waals surface area (Å²) in [5, 5.41) is 0. The van der Waals surface area contributed by atoms with E-state index in [1.54, 1.807) is 12.3 Å². The summed E-state index contributed by atoms with van der Waals surface area (Å²) in [5.41, 5.74) is 0.411. The average molecular weight is 290 g/mol. The van der Waals surface area contributed by atoms with E-state index in [9.17, 15) is 9.59 Å². The van der Waals surface area contributed by atoms with Crippen molar-refractivity contribution in [3.8, 4) is 0 Å². The van der Waals surface area contributed by atoms with Gasteiger partial charge in [0.1, 0.15) is 5.60 Å². The van der Waals surface area contributed by atoms with Crippen LogP contribution in [0.25, 0.3) is 0 Å². The van der Waals surface area contributed by atoms with Crippen LogP contribution in [-0.2, 0) is 4.74 Å². The summed E-state index contributed by atoms with van der Waals surface area (Å²) >= 11 is 0. The molecule has 1 N–H and O–H groups in total. The molecule has 1 saturated carbocycles. The second-order valence-corrected chi connectivity index (χ2v) is 7.20. The Kier molecular flexibility index (Phi) is 3.11. The summed E-state index contributed by atoms with van der Waals surface area (Å²) in [6.45, 7) is 6.29. The molecule has 2 heterocycles. The Morgan fingerprint density at radius 3 is 2.71 bits per heavy atom. The second-order valence-electron chi connectivity index (χ2n) is 7.20. The van der Waals surface area contributed by atoms with Gasteiger partial charge in [0.25, 0.3) is 0 Å². The van der Waals surface area contributed by atoms with Gasteiger partial charge in [-0.3, -0.25) is 4.79 Å². The standard InChI is InChI=1S/C16H22N2O3/c1-15(2,3)21-14(20)18-10-12(9-16(18)5-6-16)11-4-7-17-13(19)8-11/h4,7-8,12H,5-6,9-10H2,1-3H3,(H,17,19)/t12-/m1/s1. The van der Waals surface area contributed by atoms with Gasteiger partial charge in [-0.05, 0) is 51.7 Å². The maximum atomic E-state index is 12.4. The number of aromatic amines is 1. The number of aromatic nitrogens is 1. The van der Waals surface area contributed by atoms with Gasteiger partial charge in [-0.2, -0.15) is 0 Å². The minimum Gasteiger partial charge on any atom is -0.444 e. The molecule has 114 valence electrons. The van der Waals surface area contributed by atoms with E-state index in [1.807, 2.05) is 31.7 Å². The zero-order valence-corrected chi connectivity index (χ0v) is 12.8. The lowest BCUT2D eigenvalue weighted by Crippen LogP contribution is -2.41. The van der Waals surface area contributed by atoms with Crippen LogP contribution >= 0.6 is 0 Å². The van der Waals surface area contributed by atoms with Crippen LogP contribution in [0.4, 0.5) is 4.79 Å². The van der Waals surface area contributed by atoms with Crippen LogP contribution in [0.3, 0.4) is 0 Å². The van der Waals surface area contributed by atoms with Crippen molar-refractivity contribution < 1.29 is 9.53 Å². The highest BCUT2D eigenvalue weighted by atomic mass is 16.6. The van der Waals surface area contributed by atoms with Crippen molar-refractivity contribution in [2.45, 2.75) is 57.1 Å². The molecule has 1 spiro atoms. The molecule has 0 aromatic carbocycles. The molecule has 1 aliphatic carbocycles. The van der Waals surface area contributed by atoms with E-state index in [4.69, 9.17) is 4.74 Å². The van der Waals surface area contributed by atoms with Crippen LogP contribution in [0.2, 0.25) is 0 Å². The van der Waals surface area contributed by atoms with Gasteiger partial charge in [0, 0.05) is 30.3 Å². The number of H-pyrrole nitrogens is 1. The molecule has 1 amide bonds. The lowest BCUT2D eigenvalue weighted by Gasteiger charge is -2.28. The van der Waals surface area contributed by atoms with E-state index in [1.165, 1.54) is 0 Å². The quantitative estimate of drug-likeness (QED) is 0.865. The molecule has 1 atom stereocenters. The Balaban J connectivity index is 1.79. The molecular weight excluding hydrogens is 268 g/mol. The molecule has 2 fully saturated rings. The van der Waals surface area contributed by atoms with Gasteiger partial charge >= 0.3 is 6.09 Å². The van der Waals surface area contributed by atoms with Gasteiger partial charge < -0.3 is 14.6 Å². The third-order valence-corrected chi connectivity index (χ3v) is 4.31. The molecule has 5 nitrogen and oxygen atoms in total. The predicted octanol–water partition coefficient (Wildman–Crippen LogP) is 2.63. The summed E-state index contributed by atoms with van der Waals surface area (Å²) in [6, 6.07) is 3.57. The van der Waals surface area contributed by atoms with Crippen LogP contribution in [0.5, 0.6) is 0 Å². The number of nitrogens with one attached hydrogen (secondary N) is 1. The number of hydrogen-bond donors (Lipinski definition) is 1. The van der Waals surface area contributed by atoms with Crippen molar-refractivity contribution in [2.75, 3.05) is 6.54 Å². The first-order valence-corrected chi connectivity index (χ1v) is 7.48. The molecule has 0 bridgehead atoms. The molecule has 0 unspecified atom stereocenters. The van der Waals surface area contributed by atoms with Gasteiger partial charge in [0.2, 0.25) is 5.56 Å². The first-order valence-electron chi connectivity index (χ1n) is 7.48. The molecule has 1 aliphatic heterocycles. The minimum atomic E-state index is -0.477. The van der Waals surface area contributed by atoms with Crippen LogP contribution in [0, 0.1) is 0 Å². The summed E-state index contributed by atoms with van der Waals surface area (Å²) in [4.78, 5) is 28.4. The summed E-state index contributed by atoms with van der Waals surface area (Å²) in [7, 11) is 0. The van der Waals surface area contributed by atoms with Crippen molar-refractivity contribution in [1.82, 2.24) is 9.88 Å². The molecule has 1 saturated heterocycles. The van der Waals surface area contributed by atoms with E-state index in [2.05, 4.69) is 4.98 Å². The summed E-state index contributed by atoms with van der Waals surface area (Å²) in [5.74, 6) is 0.224. The SMILES string of the molecule is CC(C)(C)OC(=O)N1C[C@H](c2cc[nH]c(=O)c2)CC12CC2. The highest BCUT2D eigenvalue weighted by Gasteiger charge is 2.57. The summed E-state index contributed by atoms with van der Waals surface area (Å²) < 4.78 is 5.52. The molecule has 0 radical (unpaired) electrons.